The van der Waals surface area contributed by atoms with Crippen molar-refractivity contribution < 1.29 is 4.79 Å². The minimum Gasteiger partial charge on any atom is -0.273 e. The molecule has 0 saturated heterocycles. The van der Waals surface area contributed by atoms with E-state index in [-0.39, 0.29) is 5.91 Å². The summed E-state index contributed by atoms with van der Waals surface area (Å²) in [7, 11) is 0. The summed E-state index contributed by atoms with van der Waals surface area (Å²) in [5.41, 5.74) is 1.75. The number of carbonyl (C=O) groups is 1. The van der Waals surface area contributed by atoms with Gasteiger partial charge in [0, 0.05) is 16.6 Å². The summed E-state index contributed by atoms with van der Waals surface area (Å²) in [4.78, 5) is 15.3. The molecule has 0 atom stereocenters. The molecule has 0 aromatic heterocycles. The number of hydrogen-bond acceptors (Lipinski definition) is 1. The molecule has 0 N–H and O–H groups in total. The Morgan fingerprint density at radius 1 is 1.47 bits per heavy atom. The van der Waals surface area contributed by atoms with E-state index in [4.69, 9.17) is 0 Å². The fourth-order valence-corrected chi connectivity index (χ4v) is 1.63. The minimum atomic E-state index is -0.0463. The topological polar surface area (TPSA) is 29.4 Å². The third-order valence-electron chi connectivity index (χ3n) is 2.00. The molecule has 0 spiro atoms. The lowest BCUT2D eigenvalue weighted by Gasteiger charge is -2.00. The Bertz CT molecular complexity index is 385. The van der Waals surface area contributed by atoms with E-state index in [0.717, 1.165) is 22.2 Å². The normalized spacial score (nSPS) is 11.5. The number of amides is 1. The van der Waals surface area contributed by atoms with Crippen molar-refractivity contribution in [3.8, 4) is 0 Å². The first kappa shape index (κ1) is 12.1. The van der Waals surface area contributed by atoms with Gasteiger partial charge in [0.2, 0.25) is 5.91 Å². The molecule has 1 aromatic carbocycles. The molecule has 80 valence electrons. The van der Waals surface area contributed by atoms with Gasteiger partial charge in [-0.05, 0) is 31.0 Å². The molecule has 0 aliphatic rings. The van der Waals surface area contributed by atoms with Gasteiger partial charge in [0.15, 0.2) is 0 Å². The van der Waals surface area contributed by atoms with Crippen LogP contribution in [0, 0.1) is 0 Å². The van der Waals surface area contributed by atoms with Crippen LogP contribution in [0.1, 0.15) is 32.3 Å². The molecular formula is C12H14BrNO. The highest BCUT2D eigenvalue weighted by Crippen LogP contribution is 2.12. The van der Waals surface area contributed by atoms with Gasteiger partial charge in [-0.1, -0.05) is 35.0 Å². The first-order chi connectivity index (χ1) is 7.13. The average Bonchev–Trinajstić information content (AvgIpc) is 2.18. The van der Waals surface area contributed by atoms with Crippen molar-refractivity contribution in [3.05, 3.63) is 34.3 Å². The minimum absolute atomic E-state index is 0.0463. The zero-order valence-corrected chi connectivity index (χ0v) is 10.5. The molecule has 0 heterocycles. The van der Waals surface area contributed by atoms with Gasteiger partial charge >= 0.3 is 0 Å². The highest BCUT2D eigenvalue weighted by molar-refractivity contribution is 9.10. The number of nitrogens with zero attached hydrogens (tertiary/aromatic N) is 1. The van der Waals surface area contributed by atoms with Crippen LogP contribution in [0.5, 0.6) is 0 Å². The molecule has 15 heavy (non-hydrogen) atoms. The van der Waals surface area contributed by atoms with E-state index >= 15 is 0 Å². The number of hydrogen-bond donors (Lipinski definition) is 0. The summed E-state index contributed by atoms with van der Waals surface area (Å²) < 4.78 is 0.998. The summed E-state index contributed by atoms with van der Waals surface area (Å²) in [6.45, 7) is 3.83. The standard InChI is InChI=1S/C12H14BrNO/c1-3-5-12(15)14-9(2)10-6-4-7-11(13)8-10/h4,6-8H,3,5H2,1-2H3. The molecule has 0 saturated carbocycles. The predicted octanol–water partition coefficient (Wildman–Crippen LogP) is 3.58. The fourth-order valence-electron chi connectivity index (χ4n) is 1.23. The fraction of sp³-hybridized carbons (Fsp3) is 0.333. The van der Waals surface area contributed by atoms with Crippen LogP contribution < -0.4 is 0 Å². The van der Waals surface area contributed by atoms with Gasteiger partial charge in [-0.3, -0.25) is 4.79 Å². The van der Waals surface area contributed by atoms with E-state index in [0.29, 0.717) is 6.42 Å². The molecule has 1 aromatic rings. The summed E-state index contributed by atoms with van der Waals surface area (Å²) in [6.07, 6.45) is 1.36. The summed E-state index contributed by atoms with van der Waals surface area (Å²) in [5, 5.41) is 0. The van der Waals surface area contributed by atoms with Crippen LogP contribution >= 0.6 is 15.9 Å². The van der Waals surface area contributed by atoms with Crippen molar-refractivity contribution in [2.45, 2.75) is 26.7 Å². The van der Waals surface area contributed by atoms with E-state index in [2.05, 4.69) is 20.9 Å². The first-order valence-electron chi connectivity index (χ1n) is 4.97. The predicted molar refractivity (Wildman–Crippen MR) is 66.3 cm³/mol. The van der Waals surface area contributed by atoms with Crippen molar-refractivity contribution >= 4 is 27.5 Å². The van der Waals surface area contributed by atoms with Gasteiger partial charge in [0.05, 0.1) is 0 Å². The molecule has 0 radical (unpaired) electrons. The van der Waals surface area contributed by atoms with Crippen LogP contribution in [-0.2, 0) is 4.79 Å². The Morgan fingerprint density at radius 3 is 2.80 bits per heavy atom. The van der Waals surface area contributed by atoms with Gasteiger partial charge in [-0.25, -0.2) is 4.99 Å². The van der Waals surface area contributed by atoms with E-state index in [1.54, 1.807) is 0 Å². The molecule has 1 rings (SSSR count). The molecule has 2 nitrogen and oxygen atoms in total. The monoisotopic (exact) mass is 267 g/mol. The maximum atomic E-state index is 11.3. The Hall–Kier alpha value is -0.960. The van der Waals surface area contributed by atoms with Crippen LogP contribution in [-0.4, -0.2) is 11.6 Å². The second kappa shape index (κ2) is 5.81. The van der Waals surface area contributed by atoms with Crippen molar-refractivity contribution in [2.75, 3.05) is 0 Å². The van der Waals surface area contributed by atoms with Crippen molar-refractivity contribution in [3.63, 3.8) is 0 Å². The van der Waals surface area contributed by atoms with Gasteiger partial charge in [0.25, 0.3) is 0 Å². The van der Waals surface area contributed by atoms with Crippen molar-refractivity contribution in [2.24, 2.45) is 4.99 Å². The van der Waals surface area contributed by atoms with Crippen LogP contribution in [0.4, 0.5) is 0 Å². The van der Waals surface area contributed by atoms with Gasteiger partial charge < -0.3 is 0 Å². The SMILES string of the molecule is CCCC(=O)N=C(C)c1cccc(Br)c1. The Morgan fingerprint density at radius 2 is 2.20 bits per heavy atom. The smallest absolute Gasteiger partial charge is 0.245 e. The molecule has 0 bridgehead atoms. The second-order valence-corrected chi connectivity index (χ2v) is 4.27. The van der Waals surface area contributed by atoms with Gasteiger partial charge in [0.1, 0.15) is 0 Å². The highest BCUT2D eigenvalue weighted by Gasteiger charge is 2.01. The third-order valence-corrected chi connectivity index (χ3v) is 2.49. The molecule has 3 heteroatoms. The zero-order valence-electron chi connectivity index (χ0n) is 8.96. The van der Waals surface area contributed by atoms with Crippen molar-refractivity contribution in [1.82, 2.24) is 0 Å². The Balaban J connectivity index is 2.84. The lowest BCUT2D eigenvalue weighted by atomic mass is 10.1. The largest absolute Gasteiger partial charge is 0.273 e. The number of benzene rings is 1. The van der Waals surface area contributed by atoms with E-state index in [9.17, 15) is 4.79 Å². The molecule has 1 amide bonds. The van der Waals surface area contributed by atoms with Crippen LogP contribution in [0.2, 0.25) is 0 Å². The van der Waals surface area contributed by atoms with Crippen LogP contribution in [0.25, 0.3) is 0 Å². The lowest BCUT2D eigenvalue weighted by molar-refractivity contribution is -0.117. The first-order valence-corrected chi connectivity index (χ1v) is 5.77. The molecular weight excluding hydrogens is 254 g/mol. The maximum absolute atomic E-state index is 11.3. The van der Waals surface area contributed by atoms with E-state index < -0.39 is 0 Å². The summed E-state index contributed by atoms with van der Waals surface area (Å²) in [6, 6.07) is 7.79. The van der Waals surface area contributed by atoms with Crippen LogP contribution in [0.3, 0.4) is 0 Å². The maximum Gasteiger partial charge on any atom is 0.245 e. The Kier molecular flexibility index (Phi) is 4.69. The van der Waals surface area contributed by atoms with Gasteiger partial charge in [-0.15, -0.1) is 0 Å². The summed E-state index contributed by atoms with van der Waals surface area (Å²) in [5.74, 6) is -0.0463. The van der Waals surface area contributed by atoms with Gasteiger partial charge in [-0.2, -0.15) is 0 Å². The highest BCUT2D eigenvalue weighted by atomic mass is 79.9. The zero-order chi connectivity index (χ0) is 11.3. The molecule has 0 aliphatic carbocycles. The number of aliphatic imine (C=N–C) groups is 1. The molecule has 0 fully saturated rings. The molecule has 0 unspecified atom stereocenters. The number of halogens is 1. The number of rotatable bonds is 3. The molecule has 0 aliphatic heterocycles. The lowest BCUT2D eigenvalue weighted by Crippen LogP contribution is -2.00. The quantitative estimate of drug-likeness (QED) is 0.770. The van der Waals surface area contributed by atoms with E-state index in [1.807, 2.05) is 38.1 Å². The number of carbonyl (C=O) groups excluding carboxylic acids is 1. The Labute approximate surface area is 98.5 Å². The van der Waals surface area contributed by atoms with Crippen LogP contribution in [0.15, 0.2) is 33.7 Å². The second-order valence-electron chi connectivity index (χ2n) is 3.35. The van der Waals surface area contributed by atoms with E-state index in [1.165, 1.54) is 0 Å². The van der Waals surface area contributed by atoms with Crippen molar-refractivity contribution in [1.29, 1.82) is 0 Å². The summed E-state index contributed by atoms with van der Waals surface area (Å²) >= 11 is 3.39. The average molecular weight is 268 g/mol. The third kappa shape index (κ3) is 3.96.